The van der Waals surface area contributed by atoms with Gasteiger partial charge in [0.1, 0.15) is 0 Å². The van der Waals surface area contributed by atoms with E-state index in [4.69, 9.17) is 9.72 Å². The van der Waals surface area contributed by atoms with Gasteiger partial charge in [0.25, 0.3) is 11.9 Å². The molecule has 0 saturated carbocycles. The molecule has 0 spiro atoms. The first-order chi connectivity index (χ1) is 20.2. The number of aromatic amines is 1. The van der Waals surface area contributed by atoms with E-state index in [1.807, 2.05) is 54.7 Å². The number of anilines is 1. The molecule has 1 amide bonds. The van der Waals surface area contributed by atoms with E-state index >= 15 is 0 Å². The van der Waals surface area contributed by atoms with Gasteiger partial charge in [-0.2, -0.15) is 5.21 Å². The average Bonchev–Trinajstić information content (AvgIpc) is 3.43. The van der Waals surface area contributed by atoms with Gasteiger partial charge in [-0.3, -0.25) is 24.9 Å². The van der Waals surface area contributed by atoms with Crippen LogP contribution in [0.4, 0.5) is 5.95 Å². The Kier molecular flexibility index (Phi) is 8.22. The Hall–Kier alpha value is -4.25. The van der Waals surface area contributed by atoms with Gasteiger partial charge < -0.3 is 4.74 Å². The van der Waals surface area contributed by atoms with Crippen molar-refractivity contribution in [3.63, 3.8) is 0 Å². The van der Waals surface area contributed by atoms with Crippen LogP contribution in [0.25, 0.3) is 17.3 Å². The highest BCUT2D eigenvalue weighted by atomic mass is 16.5. The van der Waals surface area contributed by atoms with E-state index in [1.54, 1.807) is 0 Å². The zero-order valence-corrected chi connectivity index (χ0v) is 22.9. The summed E-state index contributed by atoms with van der Waals surface area (Å²) in [5.41, 5.74) is 4.09. The summed E-state index contributed by atoms with van der Waals surface area (Å²) in [6.45, 7) is 5.92. The topological polar surface area (TPSA) is 112 Å². The maximum absolute atomic E-state index is 13.6. The number of tetrazole rings is 1. The number of carbonyl (C=O) groups excluding carboxylic acids is 1. The largest absolute Gasteiger partial charge is 0.359 e. The van der Waals surface area contributed by atoms with Crippen molar-refractivity contribution in [2.24, 2.45) is 0 Å². The number of carbonyl (C=O) groups is 1. The van der Waals surface area contributed by atoms with Crippen molar-refractivity contribution in [3.8, 4) is 11.3 Å². The summed E-state index contributed by atoms with van der Waals surface area (Å²) in [6, 6.07) is 22.4. The molecule has 210 valence electrons. The lowest BCUT2D eigenvalue weighted by atomic mass is 9.82. The molecule has 1 unspecified atom stereocenters. The number of benzene rings is 2. The fourth-order valence-electron chi connectivity index (χ4n) is 5.72. The number of nitrogens with zero attached hydrogens (tertiary/aromatic N) is 6. The Morgan fingerprint density at radius 3 is 2.68 bits per heavy atom. The molecular formula is C31H34N8O2. The van der Waals surface area contributed by atoms with Crippen molar-refractivity contribution in [2.75, 3.05) is 44.6 Å². The van der Waals surface area contributed by atoms with Gasteiger partial charge in [0.2, 0.25) is 0 Å². The number of hydrogen-bond acceptors (Lipinski definition) is 8. The van der Waals surface area contributed by atoms with Crippen molar-refractivity contribution in [1.82, 2.24) is 35.4 Å². The fourth-order valence-corrected chi connectivity index (χ4v) is 5.72. The van der Waals surface area contributed by atoms with Gasteiger partial charge in [0.15, 0.2) is 5.60 Å². The lowest BCUT2D eigenvalue weighted by Crippen LogP contribution is -2.45. The van der Waals surface area contributed by atoms with Crippen LogP contribution in [0, 0.1) is 0 Å². The lowest BCUT2D eigenvalue weighted by molar-refractivity contribution is -0.144. The molecule has 2 aliphatic rings. The third-order valence-electron chi connectivity index (χ3n) is 7.81. The molecule has 2 aromatic heterocycles. The zero-order chi connectivity index (χ0) is 27.9. The summed E-state index contributed by atoms with van der Waals surface area (Å²) in [6.07, 6.45) is 7.38. The molecule has 1 atom stereocenters. The van der Waals surface area contributed by atoms with Crippen molar-refractivity contribution >= 4 is 17.9 Å². The van der Waals surface area contributed by atoms with Crippen LogP contribution in [-0.4, -0.2) is 80.6 Å². The first-order valence-electron chi connectivity index (χ1n) is 14.1. The van der Waals surface area contributed by atoms with Crippen molar-refractivity contribution < 1.29 is 9.53 Å². The molecule has 2 N–H and O–H groups in total. The van der Waals surface area contributed by atoms with Gasteiger partial charge in [-0.05, 0) is 41.9 Å². The van der Waals surface area contributed by atoms with E-state index in [9.17, 15) is 4.79 Å². The highest BCUT2D eigenvalue weighted by Gasteiger charge is 2.44. The Bertz CT molecular complexity index is 1480. The summed E-state index contributed by atoms with van der Waals surface area (Å²) in [4.78, 5) is 23.2. The minimum absolute atomic E-state index is 0.127. The molecule has 0 radical (unpaired) electrons. The molecule has 1 fully saturated rings. The predicted octanol–water partition coefficient (Wildman–Crippen LogP) is 3.74. The molecule has 4 aromatic rings. The number of H-pyrrole nitrogens is 1. The summed E-state index contributed by atoms with van der Waals surface area (Å²) in [7, 11) is 0. The molecule has 1 aliphatic heterocycles. The van der Waals surface area contributed by atoms with Gasteiger partial charge in [0.05, 0.1) is 12.3 Å². The number of fused-ring (bicyclic) bond motifs is 1. The third-order valence-corrected chi connectivity index (χ3v) is 7.81. The van der Waals surface area contributed by atoms with E-state index < -0.39 is 5.60 Å². The number of aromatic nitrogens is 5. The highest BCUT2D eigenvalue weighted by Crippen LogP contribution is 2.38. The smallest absolute Gasteiger partial charge is 0.269 e. The van der Waals surface area contributed by atoms with Gasteiger partial charge in [0, 0.05) is 49.9 Å². The van der Waals surface area contributed by atoms with Crippen LogP contribution in [0.2, 0.25) is 0 Å². The maximum Gasteiger partial charge on any atom is 0.269 e. The quantitative estimate of drug-likeness (QED) is 0.324. The van der Waals surface area contributed by atoms with Crippen LogP contribution in [0.3, 0.4) is 0 Å². The second-order valence-electron chi connectivity index (χ2n) is 10.4. The number of rotatable bonds is 9. The van der Waals surface area contributed by atoms with Gasteiger partial charge in [-0.25, -0.2) is 0 Å². The van der Waals surface area contributed by atoms with Crippen molar-refractivity contribution in [3.05, 3.63) is 95.7 Å². The molecule has 0 bridgehead atoms. The molecule has 1 saturated heterocycles. The highest BCUT2D eigenvalue weighted by molar-refractivity contribution is 5.98. The molecule has 6 rings (SSSR count). The Labute approximate surface area is 239 Å². The SMILES string of the molecule is O=C(Nc1nn[nH]n1)C1(OCCN2CCCN(Cc3cccnc3-c3ccccc3)CC2)CC=Cc2ccccc21. The molecule has 3 heterocycles. The third kappa shape index (κ3) is 6.09. The number of amides is 1. The molecule has 10 nitrogen and oxygen atoms in total. The molecule has 2 aromatic carbocycles. The van der Waals surface area contributed by atoms with E-state index in [2.05, 4.69) is 66.1 Å². The monoisotopic (exact) mass is 550 g/mol. The number of pyridine rings is 1. The van der Waals surface area contributed by atoms with E-state index in [-0.39, 0.29) is 11.9 Å². The normalized spacial score (nSPS) is 19.4. The van der Waals surface area contributed by atoms with E-state index in [0.29, 0.717) is 13.0 Å². The van der Waals surface area contributed by atoms with E-state index in [0.717, 1.165) is 68.1 Å². The Morgan fingerprint density at radius 1 is 0.976 bits per heavy atom. The second kappa shape index (κ2) is 12.5. The predicted molar refractivity (Wildman–Crippen MR) is 157 cm³/mol. The van der Waals surface area contributed by atoms with Crippen LogP contribution in [-0.2, 0) is 21.7 Å². The van der Waals surface area contributed by atoms with Crippen LogP contribution in [0.5, 0.6) is 0 Å². The minimum Gasteiger partial charge on any atom is -0.359 e. The van der Waals surface area contributed by atoms with Gasteiger partial charge >= 0.3 is 0 Å². The van der Waals surface area contributed by atoms with Crippen LogP contribution >= 0.6 is 0 Å². The molecule has 41 heavy (non-hydrogen) atoms. The standard InChI is InChI=1S/C31H34N8O2/c40-29(33-30-34-36-37-35-30)31(15-6-12-24-9-4-5-14-27(24)31)41-22-21-38-17-8-18-39(20-19-38)23-26-13-7-16-32-28(26)25-10-2-1-3-11-25/h1-7,9-14,16H,8,15,17-23H2,(H2,33,34,35,36,37,40). The Morgan fingerprint density at radius 2 is 1.80 bits per heavy atom. The van der Waals surface area contributed by atoms with Crippen LogP contribution in [0.1, 0.15) is 29.5 Å². The summed E-state index contributed by atoms with van der Waals surface area (Å²) in [5, 5.41) is 16.5. The number of ether oxygens (including phenoxy) is 1. The minimum atomic E-state index is -1.17. The van der Waals surface area contributed by atoms with Crippen LogP contribution in [0.15, 0.2) is 79.0 Å². The van der Waals surface area contributed by atoms with E-state index in [1.165, 1.54) is 5.56 Å². The molecule has 10 heteroatoms. The number of hydrogen-bond donors (Lipinski definition) is 2. The Balaban J connectivity index is 1.09. The number of nitrogens with one attached hydrogen (secondary N) is 2. The van der Waals surface area contributed by atoms with Crippen LogP contribution < -0.4 is 5.32 Å². The van der Waals surface area contributed by atoms with Gasteiger partial charge in [-0.1, -0.05) is 77.9 Å². The summed E-state index contributed by atoms with van der Waals surface area (Å²) < 4.78 is 6.53. The second-order valence-corrected chi connectivity index (χ2v) is 10.4. The summed E-state index contributed by atoms with van der Waals surface area (Å²) in [5.74, 6) is -0.176. The van der Waals surface area contributed by atoms with Gasteiger partial charge in [-0.15, -0.1) is 5.10 Å². The zero-order valence-electron chi connectivity index (χ0n) is 22.9. The van der Waals surface area contributed by atoms with Crippen molar-refractivity contribution in [2.45, 2.75) is 25.0 Å². The average molecular weight is 551 g/mol. The molecular weight excluding hydrogens is 516 g/mol. The molecule has 1 aliphatic carbocycles. The fraction of sp³-hybridized carbons (Fsp3) is 0.323. The maximum atomic E-state index is 13.6. The lowest BCUT2D eigenvalue weighted by Gasteiger charge is -2.35. The first kappa shape index (κ1) is 26.9. The summed E-state index contributed by atoms with van der Waals surface area (Å²) >= 11 is 0. The first-order valence-corrected chi connectivity index (χ1v) is 14.1. The van der Waals surface area contributed by atoms with Crippen molar-refractivity contribution in [1.29, 1.82) is 0 Å².